The first kappa shape index (κ1) is 26.3. The minimum Gasteiger partial charge on any atom is -0.354 e. The molecule has 0 spiro atoms. The Morgan fingerprint density at radius 3 is 2.35 bits per heavy atom. The Balaban J connectivity index is 1.54. The van der Waals surface area contributed by atoms with Gasteiger partial charge in [-0.2, -0.15) is 0 Å². The SMILES string of the molecule is CN1C(=O)NC(=O)/C1=C/c1ccc(N/C(=C2\C(=O)Nc3ccc([N+](=O)[O-])cc32)c2ccc(CCCN)cc2)cc1. The summed E-state index contributed by atoms with van der Waals surface area (Å²) in [7, 11) is 1.51. The number of likely N-dealkylation sites (N-methyl/N-ethyl adjacent to an activating group) is 1. The molecular weight excluding hydrogens is 512 g/mol. The standard InChI is InChI=1S/C29H26N6O5/c1-34-24(27(36)33-29(34)38)15-18-6-10-20(11-7-18)31-26(19-8-4-17(5-9-19)3-2-14-30)25-22-16-21(35(39)40)12-13-23(22)32-28(25)37/h4-13,15-16,31H,2-3,14,30H2,1H3,(H,32,37)(H,33,36,38)/b24-15-,26-25-. The third-order valence-electron chi connectivity index (χ3n) is 6.72. The average Bonchev–Trinajstić information content (AvgIpc) is 3.40. The fraction of sp³-hybridized carbons (Fsp3) is 0.138. The Labute approximate surface area is 229 Å². The third kappa shape index (κ3) is 5.18. The van der Waals surface area contributed by atoms with E-state index in [0.29, 0.717) is 34.7 Å². The van der Waals surface area contributed by atoms with E-state index in [2.05, 4.69) is 16.0 Å². The van der Waals surface area contributed by atoms with Crippen LogP contribution in [0.1, 0.15) is 28.7 Å². The van der Waals surface area contributed by atoms with Crippen molar-refractivity contribution in [2.45, 2.75) is 12.8 Å². The second kappa shape index (κ2) is 10.8. The summed E-state index contributed by atoms with van der Waals surface area (Å²) in [6, 6.07) is 18.6. The zero-order valence-corrected chi connectivity index (χ0v) is 21.6. The summed E-state index contributed by atoms with van der Waals surface area (Å²) < 4.78 is 0. The minimum absolute atomic E-state index is 0.124. The van der Waals surface area contributed by atoms with E-state index in [-0.39, 0.29) is 22.9 Å². The van der Waals surface area contributed by atoms with Crippen LogP contribution in [0.4, 0.5) is 21.9 Å². The van der Waals surface area contributed by atoms with Gasteiger partial charge >= 0.3 is 6.03 Å². The molecule has 0 atom stereocenters. The molecule has 0 aliphatic carbocycles. The summed E-state index contributed by atoms with van der Waals surface area (Å²) >= 11 is 0. The Kier molecular flexibility index (Phi) is 7.13. The molecule has 2 aliphatic rings. The van der Waals surface area contributed by atoms with Gasteiger partial charge in [-0.15, -0.1) is 0 Å². The maximum absolute atomic E-state index is 13.2. The average molecular weight is 539 g/mol. The molecule has 2 aliphatic heterocycles. The lowest BCUT2D eigenvalue weighted by Crippen LogP contribution is -2.24. The maximum atomic E-state index is 13.2. The van der Waals surface area contributed by atoms with Gasteiger partial charge in [-0.25, -0.2) is 4.79 Å². The van der Waals surface area contributed by atoms with E-state index < -0.39 is 16.9 Å². The Morgan fingerprint density at radius 2 is 1.73 bits per heavy atom. The van der Waals surface area contributed by atoms with E-state index >= 15 is 0 Å². The number of fused-ring (bicyclic) bond motifs is 1. The number of nitrogens with zero attached hydrogens (tertiary/aromatic N) is 2. The topological polar surface area (TPSA) is 160 Å². The Morgan fingerprint density at radius 1 is 1.00 bits per heavy atom. The van der Waals surface area contributed by atoms with Crippen molar-refractivity contribution in [3.8, 4) is 0 Å². The van der Waals surface area contributed by atoms with Crippen molar-refractivity contribution in [1.82, 2.24) is 10.2 Å². The highest BCUT2D eigenvalue weighted by Crippen LogP contribution is 2.39. The lowest BCUT2D eigenvalue weighted by molar-refractivity contribution is -0.384. The molecule has 1 saturated heterocycles. The highest BCUT2D eigenvalue weighted by Gasteiger charge is 2.31. The van der Waals surface area contributed by atoms with Crippen molar-refractivity contribution in [3.05, 3.63) is 105 Å². The number of urea groups is 1. The van der Waals surface area contributed by atoms with Crippen LogP contribution in [0.3, 0.4) is 0 Å². The quantitative estimate of drug-likeness (QED) is 0.146. The molecule has 5 N–H and O–H groups in total. The molecule has 202 valence electrons. The van der Waals surface area contributed by atoms with Crippen LogP contribution in [0.2, 0.25) is 0 Å². The van der Waals surface area contributed by atoms with Gasteiger partial charge in [-0.1, -0.05) is 36.4 Å². The highest BCUT2D eigenvalue weighted by atomic mass is 16.6. The molecule has 0 saturated carbocycles. The van der Waals surface area contributed by atoms with E-state index in [0.717, 1.165) is 24.0 Å². The summed E-state index contributed by atoms with van der Waals surface area (Å²) in [6.45, 7) is 0.582. The number of hydrogen-bond donors (Lipinski definition) is 4. The molecule has 0 bridgehead atoms. The fourth-order valence-electron chi connectivity index (χ4n) is 4.57. The summed E-state index contributed by atoms with van der Waals surface area (Å²) in [4.78, 5) is 49.2. The smallest absolute Gasteiger partial charge is 0.328 e. The molecule has 0 unspecified atom stereocenters. The van der Waals surface area contributed by atoms with E-state index in [4.69, 9.17) is 5.73 Å². The zero-order chi connectivity index (χ0) is 28.4. The largest absolute Gasteiger partial charge is 0.354 e. The number of rotatable bonds is 8. The normalized spacial score (nSPS) is 16.6. The number of amides is 4. The van der Waals surface area contributed by atoms with Crippen LogP contribution in [0.5, 0.6) is 0 Å². The maximum Gasteiger partial charge on any atom is 0.328 e. The van der Waals surface area contributed by atoms with Gasteiger partial charge in [0, 0.05) is 36.1 Å². The Bertz CT molecular complexity index is 1590. The summed E-state index contributed by atoms with van der Waals surface area (Å²) in [5, 5.41) is 19.8. The number of non-ortho nitro benzene ring substituents is 1. The van der Waals surface area contributed by atoms with Gasteiger partial charge in [0.1, 0.15) is 5.70 Å². The van der Waals surface area contributed by atoms with Gasteiger partial charge in [-0.3, -0.25) is 29.9 Å². The molecule has 5 rings (SSSR count). The van der Waals surface area contributed by atoms with Crippen molar-refractivity contribution < 1.29 is 19.3 Å². The van der Waals surface area contributed by atoms with Crippen molar-refractivity contribution in [3.63, 3.8) is 0 Å². The number of aryl methyl sites for hydroxylation is 1. The molecular formula is C29H26N6O5. The van der Waals surface area contributed by atoms with Crippen molar-refractivity contribution in [2.24, 2.45) is 5.73 Å². The van der Waals surface area contributed by atoms with Crippen molar-refractivity contribution >= 4 is 52.3 Å². The van der Waals surface area contributed by atoms with Gasteiger partial charge in [0.05, 0.1) is 16.2 Å². The summed E-state index contributed by atoms with van der Waals surface area (Å²) in [5.74, 6) is -0.858. The second-order valence-corrected chi connectivity index (χ2v) is 9.38. The number of nitro benzene ring substituents is 1. The molecule has 4 amide bonds. The minimum atomic E-state index is -0.497. The van der Waals surface area contributed by atoms with Crippen LogP contribution in [0, 0.1) is 10.1 Å². The number of nitro groups is 1. The van der Waals surface area contributed by atoms with Gasteiger partial charge in [-0.05, 0) is 60.4 Å². The van der Waals surface area contributed by atoms with E-state index in [1.807, 2.05) is 24.3 Å². The van der Waals surface area contributed by atoms with Crippen LogP contribution < -0.4 is 21.7 Å². The molecule has 0 aromatic heterocycles. The van der Waals surface area contributed by atoms with E-state index in [9.17, 15) is 24.5 Å². The van der Waals surface area contributed by atoms with E-state index in [1.54, 1.807) is 30.3 Å². The number of nitrogens with two attached hydrogens (primary N) is 1. The number of carbonyl (C=O) groups is 3. The van der Waals surface area contributed by atoms with Crippen LogP contribution >= 0.6 is 0 Å². The first-order chi connectivity index (χ1) is 19.2. The molecule has 11 heteroatoms. The molecule has 0 radical (unpaired) electrons. The molecule has 11 nitrogen and oxygen atoms in total. The predicted octanol–water partition coefficient (Wildman–Crippen LogP) is 3.94. The number of imide groups is 1. The van der Waals surface area contributed by atoms with Gasteiger partial charge in [0.2, 0.25) is 0 Å². The van der Waals surface area contributed by atoms with Gasteiger partial charge in [0.25, 0.3) is 17.5 Å². The zero-order valence-electron chi connectivity index (χ0n) is 21.6. The van der Waals surface area contributed by atoms with Gasteiger partial charge < -0.3 is 16.4 Å². The molecule has 1 fully saturated rings. The molecule has 2 heterocycles. The van der Waals surface area contributed by atoms with E-state index in [1.165, 1.54) is 30.1 Å². The van der Waals surface area contributed by atoms with Gasteiger partial charge in [0.15, 0.2) is 0 Å². The van der Waals surface area contributed by atoms with Crippen molar-refractivity contribution in [2.75, 3.05) is 24.2 Å². The fourth-order valence-corrected chi connectivity index (χ4v) is 4.57. The lowest BCUT2D eigenvalue weighted by atomic mass is 9.98. The number of nitrogens with one attached hydrogen (secondary N) is 3. The van der Waals surface area contributed by atoms with Crippen LogP contribution in [-0.2, 0) is 16.0 Å². The summed E-state index contributed by atoms with van der Waals surface area (Å²) in [5.41, 5.74) is 10.6. The number of hydrogen-bond acceptors (Lipinski definition) is 7. The van der Waals surface area contributed by atoms with Crippen LogP contribution in [0.15, 0.2) is 72.4 Å². The van der Waals surface area contributed by atoms with Crippen LogP contribution in [-0.4, -0.2) is 41.3 Å². The number of benzene rings is 3. The highest BCUT2D eigenvalue weighted by molar-refractivity contribution is 6.37. The first-order valence-corrected chi connectivity index (χ1v) is 12.6. The van der Waals surface area contributed by atoms with Crippen LogP contribution in [0.25, 0.3) is 17.3 Å². The first-order valence-electron chi connectivity index (χ1n) is 12.6. The lowest BCUT2D eigenvalue weighted by Gasteiger charge is -2.16. The molecule has 3 aromatic carbocycles. The molecule has 3 aromatic rings. The number of carbonyl (C=O) groups excluding carboxylic acids is 3. The summed E-state index contributed by atoms with van der Waals surface area (Å²) in [6.07, 6.45) is 3.27. The second-order valence-electron chi connectivity index (χ2n) is 9.38. The Hall–Kier alpha value is -5.29. The predicted molar refractivity (Wildman–Crippen MR) is 152 cm³/mol. The monoisotopic (exact) mass is 538 g/mol. The molecule has 40 heavy (non-hydrogen) atoms. The van der Waals surface area contributed by atoms with Crippen molar-refractivity contribution in [1.29, 1.82) is 0 Å². The number of anilines is 2. The third-order valence-corrected chi connectivity index (χ3v) is 6.72.